The van der Waals surface area contributed by atoms with Crippen LogP contribution in [0.2, 0.25) is 0 Å². The van der Waals surface area contributed by atoms with Crippen molar-refractivity contribution in [3.8, 4) is 5.75 Å². The number of amides is 2. The van der Waals surface area contributed by atoms with Gasteiger partial charge in [0.25, 0.3) is 0 Å². The lowest BCUT2D eigenvalue weighted by atomic mass is 9.53. The number of benzene rings is 1. The predicted octanol–water partition coefficient (Wildman–Crippen LogP) is 1.86. The van der Waals surface area contributed by atoms with Crippen LogP contribution in [0.3, 0.4) is 0 Å². The summed E-state index contributed by atoms with van der Waals surface area (Å²) in [7, 11) is 0. The van der Waals surface area contributed by atoms with E-state index in [1.54, 1.807) is 13.0 Å². The van der Waals surface area contributed by atoms with Gasteiger partial charge in [0, 0.05) is 13.0 Å². The van der Waals surface area contributed by atoms with Crippen LogP contribution in [0.25, 0.3) is 0 Å². The van der Waals surface area contributed by atoms with Crippen molar-refractivity contribution < 1.29 is 27.9 Å². The van der Waals surface area contributed by atoms with Crippen LogP contribution in [0.1, 0.15) is 31.4 Å². The normalized spacial score (nSPS) is 31.4. The molecule has 0 radical (unpaired) electrons. The maximum atomic E-state index is 13.1. The van der Waals surface area contributed by atoms with E-state index in [2.05, 4.69) is 0 Å². The number of aromatic hydroxyl groups is 1. The van der Waals surface area contributed by atoms with E-state index in [1.165, 1.54) is 12.1 Å². The summed E-state index contributed by atoms with van der Waals surface area (Å²) in [6.45, 7) is 3.32. The highest BCUT2D eigenvalue weighted by atomic mass is 19.4. The van der Waals surface area contributed by atoms with Crippen molar-refractivity contribution in [1.29, 1.82) is 0 Å². The highest BCUT2D eigenvalue weighted by molar-refractivity contribution is 5.94. The van der Waals surface area contributed by atoms with Crippen molar-refractivity contribution in [3.05, 3.63) is 29.3 Å². The van der Waals surface area contributed by atoms with E-state index < -0.39 is 34.9 Å². The second kappa shape index (κ2) is 5.12. The molecule has 1 aliphatic carbocycles. The van der Waals surface area contributed by atoms with Crippen LogP contribution in [0.4, 0.5) is 13.2 Å². The van der Waals surface area contributed by atoms with Gasteiger partial charge in [-0.25, -0.2) is 0 Å². The number of carbonyl (C=O) groups is 2. The quantitative estimate of drug-likeness (QED) is 0.806. The molecule has 0 aromatic heterocycles. The smallest absolute Gasteiger partial charge is 0.471 e. The number of phenols is 1. The third kappa shape index (κ3) is 2.22. The lowest BCUT2D eigenvalue weighted by Crippen LogP contribution is -2.74. The number of hydrogen-bond acceptors (Lipinski definition) is 3. The second-order valence-electron chi connectivity index (χ2n) is 7.15. The van der Waals surface area contributed by atoms with Crippen molar-refractivity contribution in [3.63, 3.8) is 0 Å². The standard InChI is InChI=1S/C17H19F3N2O3/c1-9-15(2)5-6-22(14(25)17(18,19)20)16(9,13(21)24)8-10-7-11(23)3-4-12(10)15/h3-4,7,9,23H,5-6,8H2,1-2H3,(H2,21,24)/t9-,15+,16+/m0/s1. The molecule has 1 saturated heterocycles. The number of primary amides is 1. The average Bonchev–Trinajstić information content (AvgIpc) is 2.49. The second-order valence-corrected chi connectivity index (χ2v) is 7.15. The van der Waals surface area contributed by atoms with E-state index >= 15 is 0 Å². The molecule has 0 unspecified atom stereocenters. The summed E-state index contributed by atoms with van der Waals surface area (Å²) in [5.74, 6) is -3.67. The Bertz CT molecular complexity index is 764. The Hall–Kier alpha value is -2.25. The molecule has 2 bridgehead atoms. The number of rotatable bonds is 1. The molecule has 3 atom stereocenters. The third-order valence-corrected chi connectivity index (χ3v) is 6.09. The molecule has 2 aliphatic rings. The van der Waals surface area contributed by atoms with Crippen LogP contribution in [0, 0.1) is 5.92 Å². The van der Waals surface area contributed by atoms with E-state index in [0.29, 0.717) is 10.5 Å². The zero-order valence-electron chi connectivity index (χ0n) is 13.9. The summed E-state index contributed by atoms with van der Waals surface area (Å²) in [5.41, 5.74) is 4.57. The summed E-state index contributed by atoms with van der Waals surface area (Å²) in [6.07, 6.45) is -4.97. The van der Waals surface area contributed by atoms with Crippen molar-refractivity contribution in [2.75, 3.05) is 6.54 Å². The third-order valence-electron chi connectivity index (χ3n) is 6.09. The molecule has 25 heavy (non-hydrogen) atoms. The Labute approximate surface area is 142 Å². The fraction of sp³-hybridized carbons (Fsp3) is 0.529. The van der Waals surface area contributed by atoms with E-state index in [0.717, 1.165) is 5.56 Å². The van der Waals surface area contributed by atoms with E-state index in [4.69, 9.17) is 5.73 Å². The molecule has 1 aliphatic heterocycles. The number of fused-ring (bicyclic) bond motifs is 4. The molecular formula is C17H19F3N2O3. The molecule has 2 amide bonds. The maximum Gasteiger partial charge on any atom is 0.471 e. The van der Waals surface area contributed by atoms with Gasteiger partial charge in [-0.15, -0.1) is 0 Å². The first kappa shape index (κ1) is 17.6. The van der Waals surface area contributed by atoms with Crippen LogP contribution in [-0.4, -0.2) is 40.1 Å². The zero-order chi connectivity index (χ0) is 18.8. The van der Waals surface area contributed by atoms with Gasteiger partial charge in [-0.05, 0) is 41.0 Å². The van der Waals surface area contributed by atoms with Gasteiger partial charge in [-0.1, -0.05) is 19.9 Å². The Kier molecular flexibility index (Phi) is 3.60. The minimum Gasteiger partial charge on any atom is -0.508 e. The number of piperidine rings is 1. The van der Waals surface area contributed by atoms with Crippen LogP contribution in [-0.2, 0) is 21.4 Å². The van der Waals surface area contributed by atoms with Crippen LogP contribution >= 0.6 is 0 Å². The Morgan fingerprint density at radius 1 is 1.36 bits per heavy atom. The monoisotopic (exact) mass is 356 g/mol. The molecule has 1 fully saturated rings. The number of halogens is 3. The molecule has 1 aromatic carbocycles. The summed E-state index contributed by atoms with van der Waals surface area (Å²) in [4.78, 5) is 25.0. The van der Waals surface area contributed by atoms with Gasteiger partial charge in [-0.3, -0.25) is 9.59 Å². The fourth-order valence-electron chi connectivity index (χ4n) is 4.58. The molecule has 3 rings (SSSR count). The predicted molar refractivity (Wildman–Crippen MR) is 82.6 cm³/mol. The first-order valence-electron chi connectivity index (χ1n) is 7.95. The summed E-state index contributed by atoms with van der Waals surface area (Å²) < 4.78 is 39.3. The number of alkyl halides is 3. The SMILES string of the molecule is C[C@H]1[C@@]2(C)CCN(C(=O)C(F)(F)F)[C@]1(C(N)=O)Cc1cc(O)ccc12. The van der Waals surface area contributed by atoms with Gasteiger partial charge in [0.1, 0.15) is 11.3 Å². The molecular weight excluding hydrogens is 337 g/mol. The summed E-state index contributed by atoms with van der Waals surface area (Å²) in [6, 6.07) is 4.67. The maximum absolute atomic E-state index is 13.1. The first-order valence-corrected chi connectivity index (χ1v) is 7.95. The van der Waals surface area contributed by atoms with Gasteiger partial charge < -0.3 is 15.7 Å². The number of carbonyl (C=O) groups excluding carboxylic acids is 2. The van der Waals surface area contributed by atoms with Crippen molar-refractivity contribution in [2.45, 2.75) is 43.8 Å². The molecule has 5 nitrogen and oxygen atoms in total. The number of nitrogens with two attached hydrogens (primary N) is 1. The first-order chi connectivity index (χ1) is 11.4. The highest BCUT2D eigenvalue weighted by Crippen LogP contribution is 2.54. The van der Waals surface area contributed by atoms with E-state index in [9.17, 15) is 27.9 Å². The lowest BCUT2D eigenvalue weighted by Gasteiger charge is -2.60. The minimum absolute atomic E-state index is 0.0525. The van der Waals surface area contributed by atoms with Gasteiger partial charge in [-0.2, -0.15) is 13.2 Å². The number of nitrogens with zero attached hydrogens (tertiary/aromatic N) is 1. The van der Waals surface area contributed by atoms with E-state index in [1.807, 2.05) is 6.92 Å². The molecule has 136 valence electrons. The Morgan fingerprint density at radius 3 is 2.56 bits per heavy atom. The highest BCUT2D eigenvalue weighted by Gasteiger charge is 2.64. The summed E-state index contributed by atoms with van der Waals surface area (Å²) in [5, 5.41) is 9.75. The number of hydrogen-bond donors (Lipinski definition) is 2. The van der Waals surface area contributed by atoms with Crippen molar-refractivity contribution in [2.24, 2.45) is 11.7 Å². The van der Waals surface area contributed by atoms with Gasteiger partial charge in [0.15, 0.2) is 0 Å². The molecule has 8 heteroatoms. The lowest BCUT2D eigenvalue weighted by molar-refractivity contribution is -0.200. The van der Waals surface area contributed by atoms with Crippen LogP contribution < -0.4 is 5.73 Å². The van der Waals surface area contributed by atoms with Gasteiger partial charge in [0.05, 0.1) is 0 Å². The van der Waals surface area contributed by atoms with Gasteiger partial charge in [0.2, 0.25) is 5.91 Å². The molecule has 0 spiro atoms. The molecule has 3 N–H and O–H groups in total. The molecule has 1 aromatic rings. The fourth-order valence-corrected chi connectivity index (χ4v) is 4.58. The number of likely N-dealkylation sites (tertiary alicyclic amines) is 1. The topological polar surface area (TPSA) is 83.6 Å². The van der Waals surface area contributed by atoms with Crippen LogP contribution in [0.15, 0.2) is 18.2 Å². The van der Waals surface area contributed by atoms with Crippen molar-refractivity contribution >= 4 is 11.8 Å². The Balaban J connectivity index is 2.23. The van der Waals surface area contributed by atoms with Crippen LogP contribution in [0.5, 0.6) is 5.75 Å². The van der Waals surface area contributed by atoms with Crippen molar-refractivity contribution in [1.82, 2.24) is 4.90 Å². The average molecular weight is 356 g/mol. The zero-order valence-corrected chi connectivity index (χ0v) is 13.9. The molecule has 0 saturated carbocycles. The minimum atomic E-state index is -5.09. The number of phenolic OH excluding ortho intramolecular Hbond substituents is 1. The van der Waals surface area contributed by atoms with Gasteiger partial charge >= 0.3 is 12.1 Å². The van der Waals surface area contributed by atoms with E-state index in [-0.39, 0.29) is 25.1 Å². The molecule has 1 heterocycles. The Morgan fingerprint density at radius 2 is 2.00 bits per heavy atom. The largest absolute Gasteiger partial charge is 0.508 e. The summed E-state index contributed by atoms with van der Waals surface area (Å²) >= 11 is 0.